The van der Waals surface area contributed by atoms with Gasteiger partial charge in [-0.15, -0.1) is 0 Å². The Bertz CT molecular complexity index is 572. The molecule has 0 saturated heterocycles. The van der Waals surface area contributed by atoms with E-state index in [-0.39, 0.29) is 0 Å². The van der Waals surface area contributed by atoms with Crippen LogP contribution in [0.15, 0.2) is 36.4 Å². The molecule has 0 aromatic heterocycles. The first kappa shape index (κ1) is 11.5. The summed E-state index contributed by atoms with van der Waals surface area (Å²) in [6, 6.07) is 12.7. The van der Waals surface area contributed by atoms with Gasteiger partial charge in [0.15, 0.2) is 0 Å². The fraction of sp³-hybridized carbons (Fsp3) is 0.375. The normalized spacial score (nSPS) is 16.8. The zero-order valence-corrected chi connectivity index (χ0v) is 10.8. The summed E-state index contributed by atoms with van der Waals surface area (Å²) in [5.41, 5.74) is 7.56. The van der Waals surface area contributed by atoms with Gasteiger partial charge >= 0.3 is 0 Å². The van der Waals surface area contributed by atoms with Gasteiger partial charge < -0.3 is 10.5 Å². The molecule has 3 rings (SSSR count). The summed E-state index contributed by atoms with van der Waals surface area (Å²) in [6.45, 7) is 0.777. The van der Waals surface area contributed by atoms with Gasteiger partial charge in [0.05, 0.1) is 7.11 Å². The first-order valence-electron chi connectivity index (χ1n) is 6.53. The van der Waals surface area contributed by atoms with E-state index in [1.165, 1.54) is 29.2 Å². The Hall–Kier alpha value is -1.54. The molecule has 2 aromatic carbocycles. The van der Waals surface area contributed by atoms with Gasteiger partial charge in [-0.2, -0.15) is 0 Å². The van der Waals surface area contributed by atoms with Crippen molar-refractivity contribution in [3.63, 3.8) is 0 Å². The van der Waals surface area contributed by atoms with Crippen LogP contribution in [0.4, 0.5) is 0 Å². The van der Waals surface area contributed by atoms with E-state index < -0.39 is 0 Å². The zero-order valence-electron chi connectivity index (χ0n) is 10.8. The van der Waals surface area contributed by atoms with E-state index in [2.05, 4.69) is 36.4 Å². The minimum atomic E-state index is 0.331. The lowest BCUT2D eigenvalue weighted by Crippen LogP contribution is -2.18. The maximum atomic E-state index is 5.91. The maximum Gasteiger partial charge on any atom is 0.122 e. The third kappa shape index (κ3) is 1.87. The molecule has 94 valence electrons. The van der Waals surface area contributed by atoms with Crippen molar-refractivity contribution < 1.29 is 4.74 Å². The second-order valence-corrected chi connectivity index (χ2v) is 5.35. The number of rotatable bonds is 4. The quantitative estimate of drug-likeness (QED) is 0.892. The molecule has 0 radical (unpaired) electrons. The van der Waals surface area contributed by atoms with Gasteiger partial charge in [-0.1, -0.05) is 30.3 Å². The van der Waals surface area contributed by atoms with Gasteiger partial charge in [-0.05, 0) is 48.1 Å². The van der Waals surface area contributed by atoms with Crippen LogP contribution in [0.5, 0.6) is 5.75 Å². The van der Waals surface area contributed by atoms with Crippen molar-refractivity contribution >= 4 is 10.8 Å². The third-order valence-corrected chi connectivity index (χ3v) is 4.16. The Kier molecular flexibility index (Phi) is 2.75. The van der Waals surface area contributed by atoms with Crippen molar-refractivity contribution in [2.45, 2.75) is 19.3 Å². The summed E-state index contributed by atoms with van der Waals surface area (Å²) in [6.07, 6.45) is 3.53. The fourth-order valence-corrected chi connectivity index (χ4v) is 2.69. The van der Waals surface area contributed by atoms with Crippen molar-refractivity contribution in [2.75, 3.05) is 13.7 Å². The average Bonchev–Trinajstić information content (AvgIpc) is 3.20. The SMILES string of the molecule is COc1ccc2ccccc2c1CC1(CN)CC1. The Balaban J connectivity index is 2.12. The molecule has 0 unspecified atom stereocenters. The first-order chi connectivity index (χ1) is 8.78. The van der Waals surface area contributed by atoms with Crippen molar-refractivity contribution in [2.24, 2.45) is 11.1 Å². The van der Waals surface area contributed by atoms with Crippen LogP contribution in [-0.2, 0) is 6.42 Å². The van der Waals surface area contributed by atoms with Gasteiger partial charge in [0.2, 0.25) is 0 Å². The predicted molar refractivity (Wildman–Crippen MR) is 74.9 cm³/mol. The highest BCUT2D eigenvalue weighted by Crippen LogP contribution is 2.49. The smallest absolute Gasteiger partial charge is 0.122 e. The number of benzene rings is 2. The molecule has 1 aliphatic carbocycles. The van der Waals surface area contributed by atoms with Crippen molar-refractivity contribution in [1.82, 2.24) is 0 Å². The van der Waals surface area contributed by atoms with Crippen LogP contribution >= 0.6 is 0 Å². The lowest BCUT2D eigenvalue weighted by Gasteiger charge is -2.17. The molecule has 2 nitrogen and oxygen atoms in total. The summed E-state index contributed by atoms with van der Waals surface area (Å²) in [7, 11) is 1.75. The Labute approximate surface area is 108 Å². The molecule has 0 bridgehead atoms. The monoisotopic (exact) mass is 241 g/mol. The molecular formula is C16H19NO. The minimum Gasteiger partial charge on any atom is -0.496 e. The van der Waals surface area contributed by atoms with E-state index in [9.17, 15) is 0 Å². The largest absolute Gasteiger partial charge is 0.496 e. The molecule has 0 heterocycles. The van der Waals surface area contributed by atoms with E-state index in [1.807, 2.05) is 0 Å². The number of hydrogen-bond donors (Lipinski definition) is 1. The lowest BCUT2D eigenvalue weighted by atomic mass is 9.92. The van der Waals surface area contributed by atoms with E-state index in [0.717, 1.165) is 18.7 Å². The summed E-state index contributed by atoms with van der Waals surface area (Å²) in [5.74, 6) is 0.994. The first-order valence-corrected chi connectivity index (χ1v) is 6.53. The van der Waals surface area contributed by atoms with Gasteiger partial charge in [0.1, 0.15) is 5.75 Å². The molecule has 0 spiro atoms. The van der Waals surface area contributed by atoms with E-state index in [1.54, 1.807) is 7.11 Å². The number of ether oxygens (including phenoxy) is 1. The topological polar surface area (TPSA) is 35.2 Å². The maximum absolute atomic E-state index is 5.91. The molecule has 0 atom stereocenters. The second kappa shape index (κ2) is 4.29. The van der Waals surface area contributed by atoms with Gasteiger partial charge in [0.25, 0.3) is 0 Å². The number of hydrogen-bond acceptors (Lipinski definition) is 2. The molecule has 2 aromatic rings. The molecule has 18 heavy (non-hydrogen) atoms. The van der Waals surface area contributed by atoms with Crippen LogP contribution in [0, 0.1) is 5.41 Å². The zero-order chi connectivity index (χ0) is 12.6. The highest BCUT2D eigenvalue weighted by molar-refractivity contribution is 5.87. The number of methoxy groups -OCH3 is 1. The number of fused-ring (bicyclic) bond motifs is 1. The van der Waals surface area contributed by atoms with Crippen LogP contribution in [-0.4, -0.2) is 13.7 Å². The average molecular weight is 241 g/mol. The van der Waals surface area contributed by atoms with Gasteiger partial charge in [-0.3, -0.25) is 0 Å². The van der Waals surface area contributed by atoms with Gasteiger partial charge in [0, 0.05) is 5.56 Å². The lowest BCUT2D eigenvalue weighted by molar-refractivity contribution is 0.403. The molecule has 2 N–H and O–H groups in total. The highest BCUT2D eigenvalue weighted by Gasteiger charge is 2.41. The molecule has 0 amide bonds. The Morgan fingerprint density at radius 1 is 1.17 bits per heavy atom. The van der Waals surface area contributed by atoms with Crippen molar-refractivity contribution in [3.8, 4) is 5.75 Å². The Morgan fingerprint density at radius 2 is 1.94 bits per heavy atom. The number of nitrogens with two attached hydrogens (primary N) is 1. The van der Waals surface area contributed by atoms with Crippen LogP contribution in [0.3, 0.4) is 0 Å². The van der Waals surface area contributed by atoms with Crippen molar-refractivity contribution in [1.29, 1.82) is 0 Å². The molecule has 1 saturated carbocycles. The van der Waals surface area contributed by atoms with E-state index in [4.69, 9.17) is 10.5 Å². The molecule has 1 fully saturated rings. The van der Waals surface area contributed by atoms with Crippen LogP contribution < -0.4 is 10.5 Å². The summed E-state index contributed by atoms with van der Waals surface area (Å²) < 4.78 is 5.53. The third-order valence-electron chi connectivity index (χ3n) is 4.16. The highest BCUT2D eigenvalue weighted by atomic mass is 16.5. The predicted octanol–water partition coefficient (Wildman–Crippen LogP) is 3.13. The van der Waals surface area contributed by atoms with Gasteiger partial charge in [-0.25, -0.2) is 0 Å². The summed E-state index contributed by atoms with van der Waals surface area (Å²) >= 11 is 0. The molecule has 1 aliphatic rings. The van der Waals surface area contributed by atoms with Crippen molar-refractivity contribution in [3.05, 3.63) is 42.0 Å². The van der Waals surface area contributed by atoms with E-state index >= 15 is 0 Å². The van der Waals surface area contributed by atoms with Crippen LogP contribution in [0.25, 0.3) is 10.8 Å². The standard InChI is InChI=1S/C16H19NO/c1-18-15-7-6-12-4-2-3-5-13(12)14(15)10-16(11-17)8-9-16/h2-7H,8-11,17H2,1H3. The van der Waals surface area contributed by atoms with Crippen LogP contribution in [0.2, 0.25) is 0 Å². The molecule has 2 heteroatoms. The Morgan fingerprint density at radius 3 is 2.61 bits per heavy atom. The summed E-state index contributed by atoms with van der Waals surface area (Å²) in [5, 5.41) is 2.58. The molecular weight excluding hydrogens is 222 g/mol. The molecule has 0 aliphatic heterocycles. The second-order valence-electron chi connectivity index (χ2n) is 5.35. The summed E-state index contributed by atoms with van der Waals surface area (Å²) in [4.78, 5) is 0. The van der Waals surface area contributed by atoms with Crippen LogP contribution in [0.1, 0.15) is 18.4 Å². The minimum absolute atomic E-state index is 0.331. The fourth-order valence-electron chi connectivity index (χ4n) is 2.69. The van der Waals surface area contributed by atoms with E-state index in [0.29, 0.717) is 5.41 Å².